The first-order chi connectivity index (χ1) is 10.8. The molecule has 1 aliphatic rings. The van der Waals surface area contributed by atoms with Crippen molar-refractivity contribution in [1.82, 2.24) is 0 Å². The van der Waals surface area contributed by atoms with Gasteiger partial charge in [0, 0.05) is 15.9 Å². The van der Waals surface area contributed by atoms with E-state index in [1.165, 1.54) is 17.0 Å². The molecule has 1 atom stereocenters. The Morgan fingerprint density at radius 3 is 2.65 bits per heavy atom. The zero-order valence-electron chi connectivity index (χ0n) is 12.7. The molecule has 1 aliphatic carbocycles. The highest BCUT2D eigenvalue weighted by Gasteiger charge is 2.23. The standard InChI is InChI=1S/C16H18N2O3S2/c1-10-2-7-13-14(9-22-15(13)8-10)16(19)18-11-3-5-12(6-4-11)23(17,20)21/h3-6,9-10H,2,7-8H2,1H3,(H,18,19)(H2,17,20,21)/t10-/m0/s1. The molecule has 1 heterocycles. The van der Waals surface area contributed by atoms with Crippen molar-refractivity contribution in [3.05, 3.63) is 45.6 Å². The van der Waals surface area contributed by atoms with Gasteiger partial charge >= 0.3 is 0 Å². The predicted octanol–water partition coefficient (Wildman–Crippen LogP) is 2.77. The Hall–Kier alpha value is -1.70. The molecule has 0 saturated carbocycles. The van der Waals surface area contributed by atoms with Crippen LogP contribution in [0.5, 0.6) is 0 Å². The number of thiophene rings is 1. The van der Waals surface area contributed by atoms with Crippen molar-refractivity contribution in [2.24, 2.45) is 11.1 Å². The predicted molar refractivity (Wildman–Crippen MR) is 91.3 cm³/mol. The smallest absolute Gasteiger partial charge is 0.256 e. The number of anilines is 1. The van der Waals surface area contributed by atoms with Crippen LogP contribution in [0.15, 0.2) is 34.5 Å². The van der Waals surface area contributed by atoms with E-state index in [1.807, 2.05) is 5.38 Å². The summed E-state index contributed by atoms with van der Waals surface area (Å²) in [6.07, 6.45) is 3.08. The van der Waals surface area contributed by atoms with Crippen LogP contribution in [0.2, 0.25) is 0 Å². The highest BCUT2D eigenvalue weighted by Crippen LogP contribution is 2.33. The van der Waals surface area contributed by atoms with Crippen LogP contribution < -0.4 is 10.5 Å². The number of benzene rings is 1. The number of primary sulfonamides is 1. The Morgan fingerprint density at radius 2 is 2.00 bits per heavy atom. The van der Waals surface area contributed by atoms with Gasteiger partial charge in [0.15, 0.2) is 0 Å². The van der Waals surface area contributed by atoms with E-state index in [2.05, 4.69) is 12.2 Å². The van der Waals surface area contributed by atoms with Crippen LogP contribution >= 0.6 is 11.3 Å². The Balaban J connectivity index is 1.78. The molecular weight excluding hydrogens is 332 g/mol. The van der Waals surface area contributed by atoms with Crippen LogP contribution in [0.1, 0.15) is 34.1 Å². The SMILES string of the molecule is C[C@H]1CCc2c(C(=O)Nc3ccc(S(N)(=O)=O)cc3)csc2C1. The minimum atomic E-state index is -3.72. The molecule has 0 saturated heterocycles. The van der Waals surface area contributed by atoms with Gasteiger partial charge in [-0.05, 0) is 55.0 Å². The highest BCUT2D eigenvalue weighted by molar-refractivity contribution is 7.89. The molecule has 122 valence electrons. The Labute approximate surface area is 139 Å². The van der Waals surface area contributed by atoms with Crippen molar-refractivity contribution in [3.8, 4) is 0 Å². The molecule has 0 spiro atoms. The normalized spacial score (nSPS) is 17.6. The van der Waals surface area contributed by atoms with Gasteiger partial charge in [-0.15, -0.1) is 11.3 Å². The first kappa shape index (κ1) is 16.2. The van der Waals surface area contributed by atoms with E-state index in [0.717, 1.165) is 30.4 Å². The van der Waals surface area contributed by atoms with Crippen LogP contribution in [-0.2, 0) is 22.9 Å². The topological polar surface area (TPSA) is 89.3 Å². The van der Waals surface area contributed by atoms with Crippen LogP contribution in [0.25, 0.3) is 0 Å². The number of fused-ring (bicyclic) bond motifs is 1. The number of hydrogen-bond donors (Lipinski definition) is 2. The maximum Gasteiger partial charge on any atom is 0.256 e. The number of carbonyl (C=O) groups excluding carboxylic acids is 1. The zero-order chi connectivity index (χ0) is 16.6. The molecule has 2 aromatic rings. The molecule has 5 nitrogen and oxygen atoms in total. The van der Waals surface area contributed by atoms with E-state index in [0.29, 0.717) is 11.6 Å². The van der Waals surface area contributed by atoms with Crippen molar-refractivity contribution in [3.63, 3.8) is 0 Å². The molecule has 1 amide bonds. The lowest BCUT2D eigenvalue weighted by Crippen LogP contribution is -2.16. The van der Waals surface area contributed by atoms with E-state index in [4.69, 9.17) is 5.14 Å². The molecule has 0 aliphatic heterocycles. The Morgan fingerprint density at radius 1 is 1.30 bits per heavy atom. The lowest BCUT2D eigenvalue weighted by atomic mass is 9.88. The van der Waals surface area contributed by atoms with E-state index in [9.17, 15) is 13.2 Å². The number of nitrogens with one attached hydrogen (secondary N) is 1. The first-order valence-electron chi connectivity index (χ1n) is 7.38. The lowest BCUT2D eigenvalue weighted by molar-refractivity contribution is 0.102. The van der Waals surface area contributed by atoms with Gasteiger partial charge in [-0.2, -0.15) is 0 Å². The highest BCUT2D eigenvalue weighted by atomic mass is 32.2. The summed E-state index contributed by atoms with van der Waals surface area (Å²) in [7, 11) is -3.72. The third-order valence-corrected chi connectivity index (χ3v) is 6.07. The van der Waals surface area contributed by atoms with E-state index < -0.39 is 10.0 Å². The van der Waals surface area contributed by atoms with Crippen LogP contribution in [0.3, 0.4) is 0 Å². The molecule has 3 N–H and O–H groups in total. The second-order valence-electron chi connectivity index (χ2n) is 5.92. The summed E-state index contributed by atoms with van der Waals surface area (Å²) in [4.78, 5) is 13.8. The van der Waals surface area contributed by atoms with Crippen molar-refractivity contribution < 1.29 is 13.2 Å². The molecule has 3 rings (SSSR count). The van der Waals surface area contributed by atoms with Gasteiger partial charge < -0.3 is 5.32 Å². The fraction of sp³-hybridized carbons (Fsp3) is 0.312. The van der Waals surface area contributed by atoms with Gasteiger partial charge in [-0.25, -0.2) is 13.6 Å². The summed E-state index contributed by atoms with van der Waals surface area (Å²) in [5.41, 5.74) is 2.44. The average molecular weight is 350 g/mol. The summed E-state index contributed by atoms with van der Waals surface area (Å²) < 4.78 is 22.5. The Bertz CT molecular complexity index is 839. The molecule has 0 fully saturated rings. The van der Waals surface area contributed by atoms with Crippen molar-refractivity contribution in [1.29, 1.82) is 0 Å². The quantitative estimate of drug-likeness (QED) is 0.892. The fourth-order valence-electron chi connectivity index (χ4n) is 2.79. The van der Waals surface area contributed by atoms with Crippen LogP contribution in [0.4, 0.5) is 5.69 Å². The van der Waals surface area contributed by atoms with E-state index in [1.54, 1.807) is 23.5 Å². The fourth-order valence-corrected chi connectivity index (χ4v) is 4.55. The molecule has 1 aromatic carbocycles. The first-order valence-corrected chi connectivity index (χ1v) is 9.80. The average Bonchev–Trinajstić information content (AvgIpc) is 2.89. The third kappa shape index (κ3) is 3.46. The number of sulfonamides is 1. The minimum Gasteiger partial charge on any atom is -0.322 e. The van der Waals surface area contributed by atoms with Gasteiger partial charge in [0.05, 0.1) is 10.5 Å². The molecule has 23 heavy (non-hydrogen) atoms. The molecule has 1 aromatic heterocycles. The molecule has 0 radical (unpaired) electrons. The lowest BCUT2D eigenvalue weighted by Gasteiger charge is -2.18. The second-order valence-corrected chi connectivity index (χ2v) is 8.45. The minimum absolute atomic E-state index is 0.0254. The summed E-state index contributed by atoms with van der Waals surface area (Å²) in [5, 5.41) is 9.79. The summed E-state index contributed by atoms with van der Waals surface area (Å²) in [5.74, 6) is 0.517. The maximum absolute atomic E-state index is 12.5. The van der Waals surface area contributed by atoms with Gasteiger partial charge in [-0.1, -0.05) is 6.92 Å². The molecular formula is C16H18N2O3S2. The summed E-state index contributed by atoms with van der Waals surface area (Å²) in [6, 6.07) is 5.85. The van der Waals surface area contributed by atoms with Crippen molar-refractivity contribution in [2.45, 2.75) is 31.1 Å². The van der Waals surface area contributed by atoms with Gasteiger partial charge in [0.2, 0.25) is 10.0 Å². The third-order valence-electron chi connectivity index (χ3n) is 4.09. The van der Waals surface area contributed by atoms with E-state index >= 15 is 0 Å². The largest absolute Gasteiger partial charge is 0.322 e. The maximum atomic E-state index is 12.5. The summed E-state index contributed by atoms with van der Waals surface area (Å²) >= 11 is 1.64. The number of carbonyl (C=O) groups is 1. The number of nitrogens with two attached hydrogens (primary N) is 1. The van der Waals surface area contributed by atoms with E-state index in [-0.39, 0.29) is 10.8 Å². The van der Waals surface area contributed by atoms with Gasteiger partial charge in [0.25, 0.3) is 5.91 Å². The molecule has 7 heteroatoms. The van der Waals surface area contributed by atoms with Crippen molar-refractivity contribution in [2.75, 3.05) is 5.32 Å². The van der Waals surface area contributed by atoms with Gasteiger partial charge in [0.1, 0.15) is 0 Å². The molecule has 0 bridgehead atoms. The van der Waals surface area contributed by atoms with Crippen LogP contribution in [-0.4, -0.2) is 14.3 Å². The zero-order valence-corrected chi connectivity index (χ0v) is 14.3. The van der Waals surface area contributed by atoms with Gasteiger partial charge in [-0.3, -0.25) is 4.79 Å². The van der Waals surface area contributed by atoms with Crippen molar-refractivity contribution >= 4 is 33.0 Å². The Kier molecular flexibility index (Phi) is 4.27. The number of amides is 1. The summed E-state index contributed by atoms with van der Waals surface area (Å²) in [6.45, 7) is 2.23. The second kappa shape index (κ2) is 6.07. The molecule has 0 unspecified atom stereocenters. The number of hydrogen-bond acceptors (Lipinski definition) is 4. The number of rotatable bonds is 3. The monoisotopic (exact) mass is 350 g/mol. The van der Waals surface area contributed by atoms with Crippen LogP contribution in [0, 0.1) is 5.92 Å².